The molecular weight excluding hydrogens is 480 g/mol. The number of methoxy groups -OCH3 is 1. The molecule has 0 aliphatic carbocycles. The van der Waals surface area contributed by atoms with Crippen LogP contribution in [0.2, 0.25) is 0 Å². The molecule has 3 aromatic rings. The molecule has 37 heavy (non-hydrogen) atoms. The summed E-state index contributed by atoms with van der Waals surface area (Å²) >= 11 is 0. The Bertz CT molecular complexity index is 1350. The van der Waals surface area contributed by atoms with E-state index in [0.717, 1.165) is 24.9 Å². The molecular formula is C31H38N2O3S. The maximum Gasteiger partial charge on any atom is 0.243 e. The highest BCUT2D eigenvalue weighted by atomic mass is 32.2. The summed E-state index contributed by atoms with van der Waals surface area (Å²) in [4.78, 5) is 2.90. The van der Waals surface area contributed by atoms with E-state index in [1.54, 1.807) is 17.5 Å². The normalized spacial score (nSPS) is 23.1. The minimum atomic E-state index is -3.57. The van der Waals surface area contributed by atoms with Crippen LogP contribution in [0.15, 0.2) is 71.6 Å². The predicted molar refractivity (Wildman–Crippen MR) is 149 cm³/mol. The van der Waals surface area contributed by atoms with Gasteiger partial charge >= 0.3 is 0 Å². The largest absolute Gasteiger partial charge is 0.383 e. The van der Waals surface area contributed by atoms with Gasteiger partial charge in [-0.15, -0.1) is 0 Å². The van der Waals surface area contributed by atoms with E-state index in [1.165, 1.54) is 27.8 Å². The van der Waals surface area contributed by atoms with Gasteiger partial charge in [-0.05, 0) is 74.0 Å². The smallest absolute Gasteiger partial charge is 0.243 e. The third-order valence-corrected chi connectivity index (χ3v) is 10.2. The molecule has 0 N–H and O–H groups in total. The molecule has 0 bridgehead atoms. The van der Waals surface area contributed by atoms with Crippen LogP contribution in [0.25, 0.3) is 11.1 Å². The molecule has 0 radical (unpaired) electrons. The van der Waals surface area contributed by atoms with Crippen molar-refractivity contribution in [2.75, 3.05) is 33.4 Å². The summed E-state index contributed by atoms with van der Waals surface area (Å²) in [5, 5.41) is 0. The predicted octanol–water partition coefficient (Wildman–Crippen LogP) is 5.55. The van der Waals surface area contributed by atoms with E-state index in [4.69, 9.17) is 4.74 Å². The van der Waals surface area contributed by atoms with Crippen molar-refractivity contribution in [3.63, 3.8) is 0 Å². The number of rotatable bonds is 6. The monoisotopic (exact) mass is 518 g/mol. The average Bonchev–Trinajstić information content (AvgIpc) is 2.87. The van der Waals surface area contributed by atoms with Crippen molar-refractivity contribution in [2.24, 2.45) is 0 Å². The SMILES string of the molecule is COC[C@@H]1[C@@H](c2ccc(-c3cc(C)ccc3C)cc2)[C@@H]2CN(S(=O)(=O)c3ccccc3C)CCCCN12. The number of sulfonamides is 1. The Hall–Kier alpha value is -2.51. The van der Waals surface area contributed by atoms with Gasteiger partial charge in [-0.25, -0.2) is 8.42 Å². The van der Waals surface area contributed by atoms with Crippen molar-refractivity contribution < 1.29 is 13.2 Å². The lowest BCUT2D eigenvalue weighted by Gasteiger charge is -2.57. The summed E-state index contributed by atoms with van der Waals surface area (Å²) < 4.78 is 34.9. The Morgan fingerprint density at radius 3 is 2.35 bits per heavy atom. The highest BCUT2D eigenvalue weighted by Crippen LogP contribution is 2.43. The van der Waals surface area contributed by atoms with E-state index in [2.05, 4.69) is 61.2 Å². The number of fused-ring (bicyclic) bond motifs is 1. The lowest BCUT2D eigenvalue weighted by Crippen LogP contribution is -2.68. The van der Waals surface area contributed by atoms with Crippen LogP contribution in [-0.4, -0.2) is 63.1 Å². The quantitative estimate of drug-likeness (QED) is 0.430. The van der Waals surface area contributed by atoms with Crippen LogP contribution in [0, 0.1) is 20.8 Å². The van der Waals surface area contributed by atoms with Crippen molar-refractivity contribution in [2.45, 2.75) is 56.5 Å². The topological polar surface area (TPSA) is 49.9 Å². The van der Waals surface area contributed by atoms with E-state index in [-0.39, 0.29) is 18.0 Å². The van der Waals surface area contributed by atoms with Crippen LogP contribution >= 0.6 is 0 Å². The van der Waals surface area contributed by atoms with E-state index < -0.39 is 10.0 Å². The maximum absolute atomic E-state index is 13.7. The third-order valence-electron chi connectivity index (χ3n) is 8.19. The van der Waals surface area contributed by atoms with Gasteiger partial charge in [0, 0.05) is 38.2 Å². The molecule has 5 nitrogen and oxygen atoms in total. The second kappa shape index (κ2) is 10.7. The standard InChI is InChI=1S/C31H38N2O3S/c1-22-11-12-23(2)27(19-22)25-13-15-26(16-14-25)31-28-20-32(17-7-8-18-33(28)29(31)21-36-4)37(34,35)30-10-6-5-9-24(30)3/h5-6,9-16,19,28-29,31H,7-8,17-18,20-21H2,1-4H3/t28-,29+,31-/m0/s1. The Balaban J connectivity index is 1.46. The zero-order valence-corrected chi connectivity index (χ0v) is 23.2. The minimum absolute atomic E-state index is 0.130. The molecule has 0 aromatic heterocycles. The summed E-state index contributed by atoms with van der Waals surface area (Å²) in [5.41, 5.74) is 7.05. The summed E-state index contributed by atoms with van der Waals surface area (Å²) in [6, 6.07) is 23.2. The number of benzene rings is 3. The van der Waals surface area contributed by atoms with Crippen LogP contribution in [0.3, 0.4) is 0 Å². The van der Waals surface area contributed by atoms with E-state index in [9.17, 15) is 8.42 Å². The zero-order chi connectivity index (χ0) is 26.2. The molecule has 0 saturated carbocycles. The van der Waals surface area contributed by atoms with Crippen LogP contribution in [0.1, 0.15) is 41.0 Å². The third kappa shape index (κ3) is 5.00. The number of nitrogens with zero attached hydrogens (tertiary/aromatic N) is 2. The van der Waals surface area contributed by atoms with Crippen molar-refractivity contribution in [3.8, 4) is 11.1 Å². The van der Waals surface area contributed by atoms with Crippen LogP contribution in [-0.2, 0) is 14.8 Å². The van der Waals surface area contributed by atoms with Gasteiger partial charge in [0.1, 0.15) is 0 Å². The number of aryl methyl sites for hydroxylation is 3. The van der Waals surface area contributed by atoms with Gasteiger partial charge < -0.3 is 4.74 Å². The lowest BCUT2D eigenvalue weighted by atomic mass is 9.74. The van der Waals surface area contributed by atoms with Gasteiger partial charge in [-0.1, -0.05) is 66.2 Å². The van der Waals surface area contributed by atoms with Gasteiger partial charge in [0.05, 0.1) is 11.5 Å². The number of hydrogen-bond donors (Lipinski definition) is 0. The molecule has 2 fully saturated rings. The van der Waals surface area contributed by atoms with E-state index in [0.29, 0.717) is 24.6 Å². The van der Waals surface area contributed by atoms with Gasteiger partial charge in [0.2, 0.25) is 10.0 Å². The molecule has 0 unspecified atom stereocenters. The van der Waals surface area contributed by atoms with Gasteiger partial charge in [0.15, 0.2) is 0 Å². The van der Waals surface area contributed by atoms with Crippen molar-refractivity contribution in [3.05, 3.63) is 89.0 Å². The Morgan fingerprint density at radius 1 is 0.892 bits per heavy atom. The molecule has 196 valence electrons. The first-order chi connectivity index (χ1) is 17.8. The van der Waals surface area contributed by atoms with Gasteiger partial charge in [0.25, 0.3) is 0 Å². The number of hydrogen-bond acceptors (Lipinski definition) is 4. The first-order valence-electron chi connectivity index (χ1n) is 13.3. The minimum Gasteiger partial charge on any atom is -0.383 e. The first kappa shape index (κ1) is 26.1. The van der Waals surface area contributed by atoms with E-state index >= 15 is 0 Å². The fourth-order valence-electron chi connectivity index (χ4n) is 6.20. The second-order valence-corrected chi connectivity index (χ2v) is 12.5. The molecule has 0 spiro atoms. The van der Waals surface area contributed by atoms with Crippen LogP contribution in [0.5, 0.6) is 0 Å². The molecule has 0 amide bonds. The van der Waals surface area contributed by atoms with Gasteiger partial charge in [-0.2, -0.15) is 4.31 Å². The van der Waals surface area contributed by atoms with Crippen LogP contribution in [0.4, 0.5) is 0 Å². The highest BCUT2D eigenvalue weighted by molar-refractivity contribution is 7.89. The summed E-state index contributed by atoms with van der Waals surface area (Å²) in [5.74, 6) is 0.222. The van der Waals surface area contributed by atoms with Gasteiger partial charge in [-0.3, -0.25) is 4.90 Å². The van der Waals surface area contributed by atoms with Crippen molar-refractivity contribution >= 4 is 10.0 Å². The van der Waals surface area contributed by atoms with Crippen molar-refractivity contribution in [1.82, 2.24) is 9.21 Å². The lowest BCUT2D eigenvalue weighted by molar-refractivity contribution is -0.0635. The Kier molecular flexibility index (Phi) is 7.55. The molecule has 2 heterocycles. The zero-order valence-electron chi connectivity index (χ0n) is 22.4. The fraction of sp³-hybridized carbons (Fsp3) is 0.419. The fourth-order valence-corrected chi connectivity index (χ4v) is 7.92. The second-order valence-electron chi connectivity index (χ2n) is 10.6. The molecule has 3 aromatic carbocycles. The number of ether oxygens (including phenoxy) is 1. The van der Waals surface area contributed by atoms with Crippen LogP contribution < -0.4 is 0 Å². The summed E-state index contributed by atoms with van der Waals surface area (Å²) in [6.07, 6.45) is 1.85. The Morgan fingerprint density at radius 2 is 1.62 bits per heavy atom. The van der Waals surface area contributed by atoms with E-state index in [1.807, 2.05) is 25.1 Å². The molecule has 5 rings (SSSR count). The average molecular weight is 519 g/mol. The molecule has 6 heteroatoms. The van der Waals surface area contributed by atoms with Crippen molar-refractivity contribution in [1.29, 1.82) is 0 Å². The summed E-state index contributed by atoms with van der Waals surface area (Å²) in [6.45, 7) is 8.84. The maximum atomic E-state index is 13.7. The molecule has 2 saturated heterocycles. The first-order valence-corrected chi connectivity index (χ1v) is 14.7. The molecule has 3 atom stereocenters. The Labute approximate surface area is 222 Å². The molecule has 2 aliphatic rings. The molecule has 2 aliphatic heterocycles. The summed E-state index contributed by atoms with van der Waals surface area (Å²) in [7, 11) is -1.81. The highest BCUT2D eigenvalue weighted by Gasteiger charge is 2.50.